The molecular formula is C9H15N3O3. The lowest BCUT2D eigenvalue weighted by molar-refractivity contribution is -0.136. The minimum absolute atomic E-state index is 0.118. The monoisotopic (exact) mass is 213 g/mol. The van der Waals surface area contributed by atoms with Crippen molar-refractivity contribution in [3.05, 3.63) is 11.7 Å². The van der Waals surface area contributed by atoms with Crippen LogP contribution in [-0.2, 0) is 16.8 Å². The molecule has 6 heteroatoms. The predicted octanol–water partition coefficient (Wildman–Crippen LogP) is 0.541. The molecule has 0 aromatic carbocycles. The zero-order valence-electron chi connectivity index (χ0n) is 9.07. The summed E-state index contributed by atoms with van der Waals surface area (Å²) in [5, 5.41) is 14.9. The Morgan fingerprint density at radius 3 is 2.67 bits per heavy atom. The van der Waals surface area contributed by atoms with Gasteiger partial charge < -0.3 is 9.63 Å². The van der Waals surface area contributed by atoms with E-state index in [0.717, 1.165) is 0 Å². The number of rotatable bonds is 4. The standard InChI is InChI=1S/C9H15N3O3/c1-9(2,3)8-11-6(15-12-8)4-10-5-7(13)14/h10H,4-5H2,1-3H3,(H,13,14). The van der Waals surface area contributed by atoms with Crippen LogP contribution in [0.3, 0.4) is 0 Å². The van der Waals surface area contributed by atoms with Crippen molar-refractivity contribution in [2.75, 3.05) is 6.54 Å². The molecule has 0 unspecified atom stereocenters. The van der Waals surface area contributed by atoms with E-state index in [-0.39, 0.29) is 18.5 Å². The maximum Gasteiger partial charge on any atom is 0.317 e. The van der Waals surface area contributed by atoms with Crippen LogP contribution >= 0.6 is 0 Å². The largest absolute Gasteiger partial charge is 0.480 e. The van der Waals surface area contributed by atoms with E-state index in [4.69, 9.17) is 9.63 Å². The molecule has 0 radical (unpaired) electrons. The first-order valence-electron chi connectivity index (χ1n) is 4.65. The zero-order valence-corrected chi connectivity index (χ0v) is 9.07. The van der Waals surface area contributed by atoms with Crippen molar-refractivity contribution in [3.63, 3.8) is 0 Å². The summed E-state index contributed by atoms with van der Waals surface area (Å²) in [7, 11) is 0. The Labute approximate surface area is 87.7 Å². The lowest BCUT2D eigenvalue weighted by atomic mass is 9.96. The predicted molar refractivity (Wildman–Crippen MR) is 52.3 cm³/mol. The topological polar surface area (TPSA) is 88.2 Å². The Kier molecular flexibility index (Phi) is 3.41. The lowest BCUT2D eigenvalue weighted by Gasteiger charge is -2.10. The van der Waals surface area contributed by atoms with E-state index < -0.39 is 5.97 Å². The quantitative estimate of drug-likeness (QED) is 0.759. The van der Waals surface area contributed by atoms with Crippen molar-refractivity contribution in [2.24, 2.45) is 0 Å². The van der Waals surface area contributed by atoms with Crippen LogP contribution in [0.15, 0.2) is 4.52 Å². The molecule has 0 aliphatic carbocycles. The number of nitrogens with zero attached hydrogens (tertiary/aromatic N) is 2. The highest BCUT2D eigenvalue weighted by Gasteiger charge is 2.20. The van der Waals surface area contributed by atoms with Crippen molar-refractivity contribution in [1.29, 1.82) is 0 Å². The van der Waals surface area contributed by atoms with Gasteiger partial charge in [0, 0.05) is 5.41 Å². The number of hydrogen-bond donors (Lipinski definition) is 2. The molecule has 0 bridgehead atoms. The summed E-state index contributed by atoms with van der Waals surface area (Å²) < 4.78 is 4.96. The highest BCUT2D eigenvalue weighted by molar-refractivity contribution is 5.68. The summed E-state index contributed by atoms with van der Waals surface area (Å²) in [6, 6.07) is 0. The number of hydrogen-bond acceptors (Lipinski definition) is 5. The molecule has 0 fully saturated rings. The van der Waals surface area contributed by atoms with Gasteiger partial charge in [-0.05, 0) is 0 Å². The van der Waals surface area contributed by atoms with Crippen molar-refractivity contribution >= 4 is 5.97 Å². The van der Waals surface area contributed by atoms with E-state index in [1.165, 1.54) is 0 Å². The van der Waals surface area contributed by atoms with Gasteiger partial charge in [0.2, 0.25) is 5.89 Å². The molecule has 0 aliphatic heterocycles. The van der Waals surface area contributed by atoms with Crippen LogP contribution in [0.25, 0.3) is 0 Å². The van der Waals surface area contributed by atoms with Gasteiger partial charge in [0.1, 0.15) is 0 Å². The third-order valence-corrected chi connectivity index (χ3v) is 1.69. The van der Waals surface area contributed by atoms with E-state index in [0.29, 0.717) is 11.7 Å². The van der Waals surface area contributed by atoms with Gasteiger partial charge in [0.15, 0.2) is 5.82 Å². The van der Waals surface area contributed by atoms with Gasteiger partial charge in [0.05, 0.1) is 13.1 Å². The van der Waals surface area contributed by atoms with E-state index >= 15 is 0 Å². The Morgan fingerprint density at radius 1 is 1.53 bits per heavy atom. The Morgan fingerprint density at radius 2 is 2.20 bits per heavy atom. The van der Waals surface area contributed by atoms with E-state index in [1.54, 1.807) is 0 Å². The second-order valence-corrected chi connectivity index (χ2v) is 4.26. The number of carbonyl (C=O) groups is 1. The molecule has 0 spiro atoms. The SMILES string of the molecule is CC(C)(C)c1noc(CNCC(=O)O)n1. The van der Waals surface area contributed by atoms with Crippen LogP contribution in [0.5, 0.6) is 0 Å². The molecule has 0 amide bonds. The third-order valence-electron chi connectivity index (χ3n) is 1.69. The number of nitrogens with one attached hydrogen (secondary N) is 1. The fourth-order valence-corrected chi connectivity index (χ4v) is 0.908. The van der Waals surface area contributed by atoms with Gasteiger partial charge in [-0.1, -0.05) is 25.9 Å². The molecule has 0 atom stereocenters. The molecule has 1 rings (SSSR count). The highest BCUT2D eigenvalue weighted by Crippen LogP contribution is 2.18. The number of aliphatic carboxylic acids is 1. The zero-order chi connectivity index (χ0) is 11.5. The first-order valence-corrected chi connectivity index (χ1v) is 4.65. The smallest absolute Gasteiger partial charge is 0.317 e. The second-order valence-electron chi connectivity index (χ2n) is 4.26. The minimum Gasteiger partial charge on any atom is -0.480 e. The summed E-state index contributed by atoms with van der Waals surface area (Å²) in [6.07, 6.45) is 0. The molecule has 1 aromatic rings. The highest BCUT2D eigenvalue weighted by atomic mass is 16.5. The van der Waals surface area contributed by atoms with E-state index in [1.807, 2.05) is 20.8 Å². The molecule has 2 N–H and O–H groups in total. The summed E-state index contributed by atoms with van der Waals surface area (Å²) >= 11 is 0. The van der Waals surface area contributed by atoms with Crippen molar-refractivity contribution < 1.29 is 14.4 Å². The summed E-state index contributed by atoms with van der Waals surface area (Å²) in [6.45, 7) is 6.09. The fraction of sp³-hybridized carbons (Fsp3) is 0.667. The van der Waals surface area contributed by atoms with Gasteiger partial charge in [-0.2, -0.15) is 4.98 Å². The maximum atomic E-state index is 10.2. The molecule has 15 heavy (non-hydrogen) atoms. The van der Waals surface area contributed by atoms with Gasteiger partial charge >= 0.3 is 5.97 Å². The summed E-state index contributed by atoms with van der Waals surface area (Å²) in [5.74, 6) is 0.112. The number of carboxylic acid groups (broad SMARTS) is 1. The second kappa shape index (κ2) is 4.39. The van der Waals surface area contributed by atoms with Crippen molar-refractivity contribution in [3.8, 4) is 0 Å². The normalized spacial score (nSPS) is 11.7. The average Bonchev–Trinajstić information content (AvgIpc) is 2.51. The average molecular weight is 213 g/mol. The van der Waals surface area contributed by atoms with Crippen LogP contribution in [-0.4, -0.2) is 27.8 Å². The van der Waals surface area contributed by atoms with E-state index in [9.17, 15) is 4.79 Å². The molecule has 1 heterocycles. The molecule has 0 saturated carbocycles. The molecule has 0 saturated heterocycles. The maximum absolute atomic E-state index is 10.2. The van der Waals surface area contributed by atoms with Crippen LogP contribution in [0, 0.1) is 0 Å². The molecular weight excluding hydrogens is 198 g/mol. The fourth-order valence-electron chi connectivity index (χ4n) is 0.908. The Balaban J connectivity index is 2.50. The number of aromatic nitrogens is 2. The van der Waals surface area contributed by atoms with Crippen LogP contribution in [0.4, 0.5) is 0 Å². The summed E-state index contributed by atoms with van der Waals surface area (Å²) in [4.78, 5) is 14.4. The Hall–Kier alpha value is -1.43. The van der Waals surface area contributed by atoms with Gasteiger partial charge in [-0.3, -0.25) is 10.1 Å². The van der Waals surface area contributed by atoms with Crippen LogP contribution in [0.2, 0.25) is 0 Å². The van der Waals surface area contributed by atoms with Gasteiger partial charge in [-0.15, -0.1) is 0 Å². The van der Waals surface area contributed by atoms with Crippen LogP contribution < -0.4 is 5.32 Å². The van der Waals surface area contributed by atoms with Gasteiger partial charge in [-0.25, -0.2) is 0 Å². The third kappa shape index (κ3) is 3.67. The minimum atomic E-state index is -0.912. The molecule has 0 aliphatic rings. The lowest BCUT2D eigenvalue weighted by Crippen LogP contribution is -2.22. The molecule has 84 valence electrons. The number of carboxylic acids is 1. The summed E-state index contributed by atoms with van der Waals surface area (Å²) in [5.41, 5.74) is -0.158. The van der Waals surface area contributed by atoms with E-state index in [2.05, 4.69) is 15.5 Å². The first-order chi connectivity index (χ1) is 6.89. The van der Waals surface area contributed by atoms with Crippen LogP contribution in [0.1, 0.15) is 32.5 Å². The first kappa shape index (κ1) is 11.6. The molecule has 1 aromatic heterocycles. The molecule has 6 nitrogen and oxygen atoms in total. The Bertz CT molecular complexity index is 341. The van der Waals surface area contributed by atoms with Gasteiger partial charge in [0.25, 0.3) is 0 Å². The van der Waals surface area contributed by atoms with Crippen molar-refractivity contribution in [2.45, 2.75) is 32.7 Å². The van der Waals surface area contributed by atoms with Crippen molar-refractivity contribution in [1.82, 2.24) is 15.5 Å².